The fraction of sp³-hybridized carbons (Fsp3) is 0.435. The molecule has 0 bridgehead atoms. The van der Waals surface area contributed by atoms with Crippen molar-refractivity contribution >= 4 is 5.91 Å². The summed E-state index contributed by atoms with van der Waals surface area (Å²) in [5.41, 5.74) is 2.44. The number of morpholine rings is 1. The van der Waals surface area contributed by atoms with E-state index in [0.717, 1.165) is 44.0 Å². The van der Waals surface area contributed by atoms with E-state index in [9.17, 15) is 13.6 Å². The van der Waals surface area contributed by atoms with Crippen molar-refractivity contribution in [3.8, 4) is 11.5 Å². The number of benzene rings is 2. The van der Waals surface area contributed by atoms with Crippen LogP contribution in [-0.4, -0.2) is 62.3 Å². The molecule has 1 saturated heterocycles. The van der Waals surface area contributed by atoms with Crippen LogP contribution in [0.15, 0.2) is 42.5 Å². The van der Waals surface area contributed by atoms with Gasteiger partial charge in [0.25, 0.3) is 5.91 Å². The van der Waals surface area contributed by atoms with Gasteiger partial charge in [0, 0.05) is 38.8 Å². The molecule has 0 N–H and O–H groups in total. The monoisotopic (exact) mass is 434 g/mol. The maximum absolute atomic E-state index is 13.0. The first-order chi connectivity index (χ1) is 15.0. The minimum atomic E-state index is -2.93. The second-order valence-corrected chi connectivity index (χ2v) is 7.34. The van der Waals surface area contributed by atoms with Gasteiger partial charge >= 0.3 is 6.61 Å². The number of rotatable bonds is 9. The van der Waals surface area contributed by atoms with Gasteiger partial charge in [-0.15, -0.1) is 0 Å². The van der Waals surface area contributed by atoms with Gasteiger partial charge in [0.05, 0.1) is 19.8 Å². The molecule has 3 rings (SSSR count). The van der Waals surface area contributed by atoms with E-state index in [1.165, 1.54) is 6.07 Å². The molecule has 2 aromatic carbocycles. The van der Waals surface area contributed by atoms with E-state index < -0.39 is 6.61 Å². The van der Waals surface area contributed by atoms with Crippen LogP contribution in [0.25, 0.3) is 0 Å². The first-order valence-electron chi connectivity index (χ1n) is 10.3. The number of ether oxygens (including phenoxy) is 3. The van der Waals surface area contributed by atoms with Crippen LogP contribution in [0.1, 0.15) is 28.4 Å². The first-order valence-corrected chi connectivity index (χ1v) is 10.3. The quantitative estimate of drug-likeness (QED) is 0.601. The van der Waals surface area contributed by atoms with Crippen LogP contribution in [0.3, 0.4) is 0 Å². The van der Waals surface area contributed by atoms with Crippen LogP contribution in [0, 0.1) is 0 Å². The molecule has 0 unspecified atom stereocenters. The number of carbonyl (C=O) groups is 1. The van der Waals surface area contributed by atoms with Gasteiger partial charge < -0.3 is 19.1 Å². The van der Waals surface area contributed by atoms with Crippen molar-refractivity contribution in [1.29, 1.82) is 0 Å². The van der Waals surface area contributed by atoms with E-state index in [4.69, 9.17) is 9.47 Å². The summed E-state index contributed by atoms with van der Waals surface area (Å²) in [5.74, 6) is 0.0914. The third kappa shape index (κ3) is 6.63. The van der Waals surface area contributed by atoms with Gasteiger partial charge in [0.1, 0.15) is 0 Å². The van der Waals surface area contributed by atoms with Crippen LogP contribution in [0.2, 0.25) is 0 Å². The largest absolute Gasteiger partial charge is 0.490 e. The standard InChI is InChI=1S/C23H28F2N2O4/c1-3-30-21-14-18(7-8-20(21)31-23(24)25)15-26(2)22(28)19-6-4-5-17(13-19)16-27-9-11-29-12-10-27/h4-8,13-14,23H,3,9-12,15-16H2,1-2H3. The van der Waals surface area contributed by atoms with Crippen LogP contribution < -0.4 is 9.47 Å². The van der Waals surface area contributed by atoms with Crippen LogP contribution in [0.5, 0.6) is 11.5 Å². The summed E-state index contributed by atoms with van der Waals surface area (Å²) in [7, 11) is 1.71. The predicted molar refractivity (Wildman–Crippen MR) is 113 cm³/mol. The van der Waals surface area contributed by atoms with Crippen molar-refractivity contribution < 1.29 is 27.8 Å². The number of amides is 1. The lowest BCUT2D eigenvalue weighted by atomic mass is 10.1. The van der Waals surface area contributed by atoms with Crippen LogP contribution >= 0.6 is 0 Å². The fourth-order valence-electron chi connectivity index (χ4n) is 3.50. The Morgan fingerprint density at radius 2 is 1.90 bits per heavy atom. The van der Waals surface area contributed by atoms with Crippen molar-refractivity contribution in [3.05, 3.63) is 59.2 Å². The molecule has 1 amide bonds. The average molecular weight is 434 g/mol. The van der Waals surface area contributed by atoms with Crippen molar-refractivity contribution in [1.82, 2.24) is 9.80 Å². The van der Waals surface area contributed by atoms with E-state index >= 15 is 0 Å². The number of hydrogen-bond donors (Lipinski definition) is 0. The highest BCUT2D eigenvalue weighted by Crippen LogP contribution is 2.30. The average Bonchev–Trinajstić information content (AvgIpc) is 2.76. The summed E-state index contributed by atoms with van der Waals surface area (Å²) in [6.07, 6.45) is 0. The molecule has 1 heterocycles. The van der Waals surface area contributed by atoms with Gasteiger partial charge in [-0.3, -0.25) is 9.69 Å². The van der Waals surface area contributed by atoms with E-state index in [1.807, 2.05) is 18.2 Å². The topological polar surface area (TPSA) is 51.2 Å². The summed E-state index contributed by atoms with van der Waals surface area (Å²) in [4.78, 5) is 16.8. The van der Waals surface area contributed by atoms with Crippen molar-refractivity contribution in [2.45, 2.75) is 26.6 Å². The molecule has 0 radical (unpaired) electrons. The number of nitrogens with zero attached hydrogens (tertiary/aromatic N) is 2. The van der Waals surface area contributed by atoms with Crippen LogP contribution in [0.4, 0.5) is 8.78 Å². The number of hydrogen-bond acceptors (Lipinski definition) is 5. The number of carbonyl (C=O) groups excluding carboxylic acids is 1. The summed E-state index contributed by atoms with van der Waals surface area (Å²) >= 11 is 0. The summed E-state index contributed by atoms with van der Waals surface area (Å²) < 4.78 is 40.5. The van der Waals surface area contributed by atoms with Gasteiger partial charge in [-0.1, -0.05) is 18.2 Å². The Bertz CT molecular complexity index is 872. The Labute approximate surface area is 181 Å². The van der Waals surface area contributed by atoms with Crippen molar-refractivity contribution in [2.75, 3.05) is 40.0 Å². The Balaban J connectivity index is 1.67. The molecule has 31 heavy (non-hydrogen) atoms. The summed E-state index contributed by atoms with van der Waals surface area (Å²) in [6, 6.07) is 12.3. The van der Waals surface area contributed by atoms with Crippen LogP contribution in [-0.2, 0) is 17.8 Å². The molecular weight excluding hydrogens is 406 g/mol. The molecular formula is C23H28F2N2O4. The lowest BCUT2D eigenvalue weighted by Gasteiger charge is -2.26. The Hall–Kier alpha value is -2.71. The van der Waals surface area contributed by atoms with E-state index in [2.05, 4.69) is 9.64 Å². The molecule has 0 aromatic heterocycles. The van der Waals surface area contributed by atoms with E-state index in [-0.39, 0.29) is 17.4 Å². The van der Waals surface area contributed by atoms with Gasteiger partial charge in [-0.05, 0) is 42.3 Å². The lowest BCUT2D eigenvalue weighted by Crippen LogP contribution is -2.35. The molecule has 1 fully saturated rings. The SMILES string of the molecule is CCOc1cc(CN(C)C(=O)c2cccc(CN3CCOCC3)c2)ccc1OC(F)F. The fourth-order valence-corrected chi connectivity index (χ4v) is 3.50. The maximum atomic E-state index is 13.0. The minimum Gasteiger partial charge on any atom is -0.490 e. The van der Waals surface area contributed by atoms with E-state index in [0.29, 0.717) is 18.7 Å². The minimum absolute atomic E-state index is 0.0228. The van der Waals surface area contributed by atoms with Gasteiger partial charge in [-0.2, -0.15) is 8.78 Å². The highest BCUT2D eigenvalue weighted by Gasteiger charge is 2.17. The molecule has 2 aromatic rings. The molecule has 0 spiro atoms. The van der Waals surface area contributed by atoms with Crippen molar-refractivity contribution in [3.63, 3.8) is 0 Å². The summed E-state index contributed by atoms with van der Waals surface area (Å²) in [5, 5.41) is 0. The normalized spacial score (nSPS) is 14.5. The van der Waals surface area contributed by atoms with Gasteiger partial charge in [0.15, 0.2) is 11.5 Å². The molecule has 1 aliphatic heterocycles. The Kier molecular flexibility index (Phi) is 8.20. The third-order valence-corrected chi connectivity index (χ3v) is 4.97. The molecule has 6 nitrogen and oxygen atoms in total. The second kappa shape index (κ2) is 11.1. The Morgan fingerprint density at radius 3 is 2.61 bits per heavy atom. The second-order valence-electron chi connectivity index (χ2n) is 7.34. The highest BCUT2D eigenvalue weighted by atomic mass is 19.3. The molecule has 168 valence electrons. The summed E-state index contributed by atoms with van der Waals surface area (Å²) in [6.45, 7) is 3.44. The smallest absolute Gasteiger partial charge is 0.387 e. The molecule has 0 aliphatic carbocycles. The first kappa shape index (κ1) is 23.0. The maximum Gasteiger partial charge on any atom is 0.387 e. The van der Waals surface area contributed by atoms with E-state index in [1.54, 1.807) is 37.1 Å². The zero-order valence-corrected chi connectivity index (χ0v) is 17.9. The predicted octanol–water partition coefficient (Wildman–Crippen LogP) is 3.79. The zero-order chi connectivity index (χ0) is 22.2. The molecule has 0 saturated carbocycles. The van der Waals surface area contributed by atoms with Gasteiger partial charge in [-0.25, -0.2) is 0 Å². The zero-order valence-electron chi connectivity index (χ0n) is 17.9. The molecule has 1 aliphatic rings. The van der Waals surface area contributed by atoms with Gasteiger partial charge in [0.2, 0.25) is 0 Å². The third-order valence-electron chi connectivity index (χ3n) is 4.97. The Morgan fingerprint density at radius 1 is 1.13 bits per heavy atom. The number of halogens is 2. The number of alkyl halides is 2. The molecule has 8 heteroatoms. The molecule has 0 atom stereocenters. The lowest BCUT2D eigenvalue weighted by molar-refractivity contribution is -0.0514. The highest BCUT2D eigenvalue weighted by molar-refractivity contribution is 5.94. The van der Waals surface area contributed by atoms with Crippen molar-refractivity contribution in [2.24, 2.45) is 0 Å².